The molecule has 0 radical (unpaired) electrons. The Kier molecular flexibility index (Phi) is 37.3. The fraction of sp³-hybridized carbons (Fsp3) is 0.750. The molecule has 284 valence electrons. The van der Waals surface area contributed by atoms with Crippen molar-refractivity contribution in [1.29, 1.82) is 0 Å². The van der Waals surface area contributed by atoms with Crippen LogP contribution >= 0.6 is 0 Å². The molecule has 0 aromatic carbocycles. The Bertz CT molecular complexity index is 846. The number of carbonyl (C=O) groups excluding carboxylic acids is 1. The first-order valence-electron chi connectivity index (χ1n) is 20.6. The summed E-state index contributed by atoms with van der Waals surface area (Å²) in [5.74, 6) is -0.341. The zero-order chi connectivity index (χ0) is 35.9. The van der Waals surface area contributed by atoms with E-state index >= 15 is 0 Å². The lowest BCUT2D eigenvalue weighted by Gasteiger charge is -2.20. The maximum atomic E-state index is 12.4. The van der Waals surface area contributed by atoms with Gasteiger partial charge in [0.25, 0.3) is 0 Å². The van der Waals surface area contributed by atoms with Crippen molar-refractivity contribution in [1.82, 2.24) is 5.32 Å². The molecule has 1 amide bonds. The summed E-state index contributed by atoms with van der Waals surface area (Å²) in [4.78, 5) is 12.4. The van der Waals surface area contributed by atoms with Crippen molar-refractivity contribution in [2.45, 2.75) is 205 Å². The lowest BCUT2D eigenvalue weighted by atomic mass is 10.0. The smallest absolute Gasteiger partial charge is 0.222 e. The largest absolute Gasteiger partial charge is 0.394 e. The molecule has 5 nitrogen and oxygen atoms in total. The molecule has 3 unspecified atom stereocenters. The van der Waals surface area contributed by atoms with Gasteiger partial charge in [-0.05, 0) is 77.0 Å². The predicted octanol–water partition coefficient (Wildman–Crippen LogP) is 11.5. The van der Waals surface area contributed by atoms with Crippen molar-refractivity contribution >= 4 is 5.91 Å². The quantitative estimate of drug-likeness (QED) is 0.0390. The number of hydrogen-bond donors (Lipinski definition) is 4. The third-order valence-corrected chi connectivity index (χ3v) is 9.01. The summed E-state index contributed by atoms with van der Waals surface area (Å²) in [6.45, 7) is 4.14. The van der Waals surface area contributed by atoms with Crippen LogP contribution in [0, 0.1) is 0 Å². The summed E-state index contributed by atoms with van der Waals surface area (Å²) in [6.07, 6.45) is 50.7. The Hall–Kier alpha value is -1.95. The van der Waals surface area contributed by atoms with Crippen LogP contribution in [0.3, 0.4) is 0 Å². The van der Waals surface area contributed by atoms with Crippen LogP contribution in [-0.4, -0.2) is 46.1 Å². The molecule has 4 N–H and O–H groups in total. The van der Waals surface area contributed by atoms with E-state index in [0.717, 1.165) is 57.8 Å². The summed E-state index contributed by atoms with van der Waals surface area (Å²) in [7, 11) is 0. The Morgan fingerprint density at radius 1 is 0.531 bits per heavy atom. The lowest BCUT2D eigenvalue weighted by molar-refractivity contribution is -0.124. The van der Waals surface area contributed by atoms with Gasteiger partial charge in [0.1, 0.15) is 0 Å². The first kappa shape index (κ1) is 47.0. The molecule has 0 aliphatic heterocycles. The van der Waals surface area contributed by atoms with Crippen LogP contribution < -0.4 is 5.32 Å². The van der Waals surface area contributed by atoms with Crippen LogP contribution in [-0.2, 0) is 4.79 Å². The molecule has 5 heteroatoms. The van der Waals surface area contributed by atoms with Gasteiger partial charge in [0.05, 0.1) is 31.3 Å². The third-order valence-electron chi connectivity index (χ3n) is 9.01. The summed E-state index contributed by atoms with van der Waals surface area (Å²) < 4.78 is 0. The van der Waals surface area contributed by atoms with E-state index in [0.29, 0.717) is 6.42 Å². The number of rotatable bonds is 36. The number of aliphatic hydroxyl groups is 3. The second-order valence-corrected chi connectivity index (χ2v) is 13.9. The molecule has 3 atom stereocenters. The molecule has 0 aliphatic rings. The van der Waals surface area contributed by atoms with Crippen molar-refractivity contribution in [3.05, 3.63) is 60.8 Å². The topological polar surface area (TPSA) is 89.8 Å². The molecule has 0 spiro atoms. The molecule has 0 aromatic heterocycles. The summed E-state index contributed by atoms with van der Waals surface area (Å²) in [6, 6.07) is -0.773. The fourth-order valence-electron chi connectivity index (χ4n) is 5.81. The molecule has 0 saturated heterocycles. The highest BCUT2D eigenvalue weighted by Crippen LogP contribution is 2.13. The van der Waals surface area contributed by atoms with Crippen molar-refractivity contribution in [3.8, 4) is 0 Å². The minimum absolute atomic E-state index is 0.00983. The Morgan fingerprint density at radius 2 is 0.939 bits per heavy atom. The van der Waals surface area contributed by atoms with Crippen LogP contribution in [0.4, 0.5) is 0 Å². The highest BCUT2D eigenvalue weighted by Gasteiger charge is 2.20. The second kappa shape index (κ2) is 38.8. The Morgan fingerprint density at radius 3 is 1.47 bits per heavy atom. The molecular formula is C44H79NO4. The number of unbranched alkanes of at least 4 members (excludes halogenated alkanes) is 19. The summed E-state index contributed by atoms with van der Waals surface area (Å²) in [5, 5.41) is 33.1. The molecule has 0 aliphatic carbocycles. The minimum Gasteiger partial charge on any atom is -0.394 e. The molecule has 0 rings (SSSR count). The van der Waals surface area contributed by atoms with Gasteiger partial charge in [0.2, 0.25) is 5.91 Å². The van der Waals surface area contributed by atoms with Crippen molar-refractivity contribution in [2.75, 3.05) is 6.61 Å². The Labute approximate surface area is 303 Å². The minimum atomic E-state index is -0.964. The van der Waals surface area contributed by atoms with E-state index in [1.807, 2.05) is 6.08 Å². The number of allylic oxidation sites excluding steroid dienone is 9. The number of aliphatic hydroxyl groups excluding tert-OH is 3. The van der Waals surface area contributed by atoms with E-state index in [4.69, 9.17) is 0 Å². The Balaban J connectivity index is 3.77. The summed E-state index contributed by atoms with van der Waals surface area (Å²) in [5.41, 5.74) is 0. The molecule has 0 bridgehead atoms. The van der Waals surface area contributed by atoms with Crippen LogP contribution in [0.5, 0.6) is 0 Å². The first-order chi connectivity index (χ1) is 24.0. The van der Waals surface area contributed by atoms with Crippen LogP contribution in [0.1, 0.15) is 187 Å². The number of nitrogens with one attached hydrogen (secondary N) is 1. The van der Waals surface area contributed by atoms with Gasteiger partial charge in [-0.1, -0.05) is 164 Å². The zero-order valence-electron chi connectivity index (χ0n) is 32.1. The van der Waals surface area contributed by atoms with E-state index in [-0.39, 0.29) is 18.9 Å². The molecule has 0 fully saturated rings. The van der Waals surface area contributed by atoms with Crippen molar-refractivity contribution < 1.29 is 20.1 Å². The molecule has 0 saturated carbocycles. The van der Waals surface area contributed by atoms with Gasteiger partial charge in [-0.2, -0.15) is 0 Å². The average molecular weight is 686 g/mol. The van der Waals surface area contributed by atoms with Gasteiger partial charge in [-0.3, -0.25) is 4.79 Å². The number of carbonyl (C=O) groups is 1. The van der Waals surface area contributed by atoms with E-state index in [1.165, 1.54) is 103 Å². The maximum absolute atomic E-state index is 12.4. The average Bonchev–Trinajstić information content (AvgIpc) is 3.09. The van der Waals surface area contributed by atoms with Gasteiger partial charge in [-0.15, -0.1) is 0 Å². The summed E-state index contributed by atoms with van der Waals surface area (Å²) >= 11 is 0. The van der Waals surface area contributed by atoms with E-state index < -0.39 is 18.2 Å². The lowest BCUT2D eigenvalue weighted by Crippen LogP contribution is -2.45. The van der Waals surface area contributed by atoms with Crippen LogP contribution in [0.15, 0.2) is 60.8 Å². The van der Waals surface area contributed by atoms with Crippen LogP contribution in [0.25, 0.3) is 0 Å². The highest BCUT2D eigenvalue weighted by atomic mass is 16.3. The van der Waals surface area contributed by atoms with Crippen LogP contribution in [0.2, 0.25) is 0 Å². The highest BCUT2D eigenvalue weighted by molar-refractivity contribution is 5.76. The third kappa shape index (κ3) is 35.7. The first-order valence-corrected chi connectivity index (χ1v) is 20.6. The van der Waals surface area contributed by atoms with Gasteiger partial charge < -0.3 is 20.6 Å². The van der Waals surface area contributed by atoms with E-state index in [2.05, 4.69) is 67.8 Å². The van der Waals surface area contributed by atoms with Gasteiger partial charge >= 0.3 is 0 Å². The molecule has 0 aromatic rings. The van der Waals surface area contributed by atoms with E-state index in [9.17, 15) is 20.1 Å². The SMILES string of the molecule is CCCCC/C=C/CC/C=C/CC/C=C/C(O)C(CO)NC(=O)CC(O)CCCCCCC/C=C\C/C=C\CCCCCCCCCCC. The van der Waals surface area contributed by atoms with Crippen molar-refractivity contribution in [2.24, 2.45) is 0 Å². The number of hydrogen-bond acceptors (Lipinski definition) is 4. The maximum Gasteiger partial charge on any atom is 0.222 e. The molecular weight excluding hydrogens is 606 g/mol. The standard InChI is InChI=1S/C44H79NO4/c1-3-5-7-9-11-13-15-17-18-19-20-21-22-23-24-26-27-29-31-33-35-37-41(47)39-44(49)45-42(40-46)43(48)38-36-34-32-30-28-25-16-14-12-10-8-6-4-2/h12,14,20-21,23-24,28,30,36,38,41-43,46-48H,3-11,13,15-19,22,25-27,29,31-35,37,39-40H2,1-2H3,(H,45,49)/b14-12+,21-20-,24-23-,30-28+,38-36+. The van der Waals surface area contributed by atoms with Gasteiger partial charge in [-0.25, -0.2) is 0 Å². The zero-order valence-corrected chi connectivity index (χ0v) is 32.1. The number of amides is 1. The van der Waals surface area contributed by atoms with Gasteiger partial charge in [0, 0.05) is 0 Å². The van der Waals surface area contributed by atoms with E-state index in [1.54, 1.807) is 6.08 Å². The second-order valence-electron chi connectivity index (χ2n) is 13.9. The fourth-order valence-corrected chi connectivity index (χ4v) is 5.81. The predicted molar refractivity (Wildman–Crippen MR) is 213 cm³/mol. The van der Waals surface area contributed by atoms with Crippen molar-refractivity contribution in [3.63, 3.8) is 0 Å². The molecule has 0 heterocycles. The monoisotopic (exact) mass is 686 g/mol. The molecule has 49 heavy (non-hydrogen) atoms. The normalized spacial score (nSPS) is 14.3. The van der Waals surface area contributed by atoms with Gasteiger partial charge in [0.15, 0.2) is 0 Å².